The molecule has 86 valence electrons. The number of likely N-dealkylation sites (N-methyl/N-ethyl adjacent to an activating group) is 1. The van der Waals surface area contributed by atoms with E-state index in [0.717, 1.165) is 0 Å². The lowest BCUT2D eigenvalue weighted by Crippen LogP contribution is -2.35. The van der Waals surface area contributed by atoms with Crippen molar-refractivity contribution in [3.63, 3.8) is 0 Å². The summed E-state index contributed by atoms with van der Waals surface area (Å²) < 4.78 is 21.7. The largest absolute Gasteiger partial charge is 0.392 e. The van der Waals surface area contributed by atoms with E-state index in [9.17, 15) is 13.5 Å². The molecular formula is C9H21NO3S. The Morgan fingerprint density at radius 2 is 1.86 bits per heavy atom. The molecule has 5 heteroatoms. The third kappa shape index (κ3) is 7.29. The Kier molecular flexibility index (Phi) is 5.63. The molecule has 0 aliphatic carbocycles. The van der Waals surface area contributed by atoms with E-state index in [0.29, 0.717) is 13.1 Å². The maximum Gasteiger partial charge on any atom is 0.148 e. The number of hydrogen-bond acceptors (Lipinski definition) is 4. The van der Waals surface area contributed by atoms with Crippen molar-refractivity contribution in [1.29, 1.82) is 0 Å². The fraction of sp³-hybridized carbons (Fsp3) is 1.00. The van der Waals surface area contributed by atoms with Crippen LogP contribution >= 0.6 is 0 Å². The van der Waals surface area contributed by atoms with Gasteiger partial charge in [-0.25, -0.2) is 8.42 Å². The zero-order valence-corrected chi connectivity index (χ0v) is 10.2. The summed E-state index contributed by atoms with van der Waals surface area (Å²) in [7, 11) is -1.08. The van der Waals surface area contributed by atoms with E-state index in [1.807, 2.05) is 25.8 Å². The van der Waals surface area contributed by atoms with Crippen LogP contribution in [0.25, 0.3) is 0 Å². The summed E-state index contributed by atoms with van der Waals surface area (Å²) in [6.07, 6.45) is 0.833. The third-order valence-electron chi connectivity index (χ3n) is 2.11. The highest BCUT2D eigenvalue weighted by Gasteiger charge is 2.13. The van der Waals surface area contributed by atoms with Crippen LogP contribution in [0, 0.1) is 5.92 Å². The molecule has 0 saturated carbocycles. The quantitative estimate of drug-likeness (QED) is 0.687. The van der Waals surface area contributed by atoms with Gasteiger partial charge in [-0.2, -0.15) is 0 Å². The number of nitrogens with zero attached hydrogens (tertiary/aromatic N) is 1. The molecule has 14 heavy (non-hydrogen) atoms. The Balaban J connectivity index is 3.82. The Morgan fingerprint density at radius 3 is 2.21 bits per heavy atom. The van der Waals surface area contributed by atoms with E-state index in [4.69, 9.17) is 0 Å². The smallest absolute Gasteiger partial charge is 0.148 e. The van der Waals surface area contributed by atoms with Gasteiger partial charge in [0.15, 0.2) is 0 Å². The Labute approximate surface area is 86.8 Å². The van der Waals surface area contributed by atoms with E-state index >= 15 is 0 Å². The van der Waals surface area contributed by atoms with Crippen LogP contribution < -0.4 is 0 Å². The van der Waals surface area contributed by atoms with Crippen molar-refractivity contribution < 1.29 is 13.5 Å². The van der Waals surface area contributed by atoms with Crippen LogP contribution in [-0.2, 0) is 9.84 Å². The molecule has 0 rings (SSSR count). The van der Waals surface area contributed by atoms with Crippen molar-refractivity contribution >= 4 is 9.84 Å². The predicted octanol–water partition coefficient (Wildman–Crippen LogP) is -0.0203. The lowest BCUT2D eigenvalue weighted by Gasteiger charge is -2.22. The molecular weight excluding hydrogens is 202 g/mol. The molecule has 0 aromatic rings. The zero-order valence-electron chi connectivity index (χ0n) is 9.40. The van der Waals surface area contributed by atoms with E-state index < -0.39 is 9.84 Å². The van der Waals surface area contributed by atoms with Crippen molar-refractivity contribution in [2.24, 2.45) is 5.92 Å². The first-order chi connectivity index (χ1) is 6.22. The number of hydrogen-bond donors (Lipinski definition) is 1. The van der Waals surface area contributed by atoms with Gasteiger partial charge >= 0.3 is 0 Å². The van der Waals surface area contributed by atoms with Gasteiger partial charge in [0.1, 0.15) is 9.84 Å². The van der Waals surface area contributed by atoms with Crippen LogP contribution in [0.15, 0.2) is 0 Å². The van der Waals surface area contributed by atoms with Gasteiger partial charge in [-0.1, -0.05) is 13.8 Å². The maximum atomic E-state index is 10.9. The predicted molar refractivity (Wildman–Crippen MR) is 58.1 cm³/mol. The molecule has 0 bridgehead atoms. The topological polar surface area (TPSA) is 57.6 Å². The Morgan fingerprint density at radius 1 is 1.36 bits per heavy atom. The van der Waals surface area contributed by atoms with Gasteiger partial charge < -0.3 is 10.0 Å². The van der Waals surface area contributed by atoms with E-state index in [1.165, 1.54) is 6.26 Å². The highest BCUT2D eigenvalue weighted by atomic mass is 32.2. The molecule has 1 N–H and O–H groups in total. The van der Waals surface area contributed by atoms with Gasteiger partial charge in [0.2, 0.25) is 0 Å². The minimum absolute atomic E-state index is 0.147. The van der Waals surface area contributed by atoms with Crippen LogP contribution in [0.3, 0.4) is 0 Å². The lowest BCUT2D eigenvalue weighted by atomic mass is 10.1. The molecule has 4 nitrogen and oxygen atoms in total. The SMILES string of the molecule is CC(C)C(O)CN(C)CCS(C)(=O)=O. The van der Waals surface area contributed by atoms with E-state index in [1.54, 1.807) is 0 Å². The second-order valence-electron chi connectivity index (χ2n) is 4.20. The van der Waals surface area contributed by atoms with E-state index in [-0.39, 0.29) is 17.8 Å². The number of aliphatic hydroxyl groups is 1. The third-order valence-corrected chi connectivity index (χ3v) is 3.04. The second-order valence-corrected chi connectivity index (χ2v) is 6.46. The molecule has 0 amide bonds. The van der Waals surface area contributed by atoms with Gasteiger partial charge in [-0.15, -0.1) is 0 Å². The average Bonchev–Trinajstić information content (AvgIpc) is 1.99. The highest BCUT2D eigenvalue weighted by Crippen LogP contribution is 2.02. The molecule has 1 atom stereocenters. The van der Waals surface area contributed by atoms with Crippen molar-refractivity contribution in [3.05, 3.63) is 0 Å². The first kappa shape index (κ1) is 13.9. The van der Waals surface area contributed by atoms with Crippen LogP contribution in [0.5, 0.6) is 0 Å². The molecule has 0 aliphatic rings. The molecule has 0 fully saturated rings. The summed E-state index contributed by atoms with van der Waals surface area (Å²) in [5.41, 5.74) is 0. The van der Waals surface area contributed by atoms with Crippen molar-refractivity contribution in [2.45, 2.75) is 20.0 Å². The highest BCUT2D eigenvalue weighted by molar-refractivity contribution is 7.90. The molecule has 0 heterocycles. The Bertz CT molecular complexity index is 249. The van der Waals surface area contributed by atoms with Crippen molar-refractivity contribution in [2.75, 3.05) is 32.1 Å². The number of sulfone groups is 1. The van der Waals surface area contributed by atoms with Crippen molar-refractivity contribution in [1.82, 2.24) is 4.90 Å². The van der Waals surface area contributed by atoms with Crippen LogP contribution in [-0.4, -0.2) is 56.7 Å². The van der Waals surface area contributed by atoms with Gasteiger partial charge in [0.05, 0.1) is 11.9 Å². The van der Waals surface area contributed by atoms with Crippen LogP contribution in [0.4, 0.5) is 0 Å². The van der Waals surface area contributed by atoms with Gasteiger partial charge in [-0.05, 0) is 13.0 Å². The standard InChI is InChI=1S/C9H21NO3S/c1-8(2)9(11)7-10(3)5-6-14(4,12)13/h8-9,11H,5-7H2,1-4H3. The van der Waals surface area contributed by atoms with Crippen LogP contribution in [0.2, 0.25) is 0 Å². The molecule has 0 aromatic heterocycles. The lowest BCUT2D eigenvalue weighted by molar-refractivity contribution is 0.0883. The van der Waals surface area contributed by atoms with Gasteiger partial charge in [0.25, 0.3) is 0 Å². The minimum Gasteiger partial charge on any atom is -0.392 e. The fourth-order valence-electron chi connectivity index (χ4n) is 0.943. The van der Waals surface area contributed by atoms with Gasteiger partial charge in [-0.3, -0.25) is 0 Å². The summed E-state index contributed by atoms with van der Waals surface area (Å²) in [5.74, 6) is 0.351. The number of aliphatic hydroxyl groups excluding tert-OH is 1. The molecule has 0 aliphatic heterocycles. The molecule has 1 unspecified atom stereocenters. The minimum atomic E-state index is -2.90. The summed E-state index contributed by atoms with van der Waals surface area (Å²) in [6.45, 7) is 4.87. The normalized spacial score (nSPS) is 15.1. The van der Waals surface area contributed by atoms with E-state index in [2.05, 4.69) is 0 Å². The summed E-state index contributed by atoms with van der Waals surface area (Å²) in [6, 6.07) is 0. The fourth-order valence-corrected chi connectivity index (χ4v) is 1.59. The molecule has 0 aromatic carbocycles. The molecule has 0 saturated heterocycles. The summed E-state index contributed by atoms with van der Waals surface area (Å²) in [4.78, 5) is 1.84. The average molecular weight is 223 g/mol. The molecule has 0 radical (unpaired) electrons. The first-order valence-corrected chi connectivity index (χ1v) is 6.82. The first-order valence-electron chi connectivity index (χ1n) is 4.76. The zero-order chi connectivity index (χ0) is 11.4. The second kappa shape index (κ2) is 5.68. The number of rotatable bonds is 6. The van der Waals surface area contributed by atoms with Crippen LogP contribution in [0.1, 0.15) is 13.8 Å². The maximum absolute atomic E-state index is 10.9. The summed E-state index contributed by atoms with van der Waals surface area (Å²) >= 11 is 0. The molecule has 0 spiro atoms. The summed E-state index contributed by atoms with van der Waals surface area (Å²) in [5, 5.41) is 9.54. The monoisotopic (exact) mass is 223 g/mol. The Hall–Kier alpha value is -0.130. The van der Waals surface area contributed by atoms with Gasteiger partial charge in [0, 0.05) is 19.3 Å². The van der Waals surface area contributed by atoms with Crippen molar-refractivity contribution in [3.8, 4) is 0 Å².